The number of halogens is 5. The van der Waals surface area contributed by atoms with E-state index in [-0.39, 0.29) is 11.6 Å². The van der Waals surface area contributed by atoms with Crippen LogP contribution in [0.2, 0.25) is 5.02 Å². The smallest absolute Gasteiger partial charge is 0.296 e. The van der Waals surface area contributed by atoms with E-state index < -0.39 is 38.3 Å². The second kappa shape index (κ2) is 8.47. The maximum absolute atomic E-state index is 12.7. The van der Waals surface area contributed by atoms with Gasteiger partial charge >= 0.3 is 12.1 Å². The zero-order chi connectivity index (χ0) is 20.1. The molecule has 0 aromatic heterocycles. The van der Waals surface area contributed by atoms with E-state index in [1.165, 1.54) is 12.1 Å². The second-order valence-electron chi connectivity index (χ2n) is 4.80. The molecule has 0 heterocycles. The lowest BCUT2D eigenvalue weighted by Gasteiger charge is -2.08. The quantitative estimate of drug-likeness (QED) is 0.344. The van der Waals surface area contributed by atoms with Crippen molar-refractivity contribution in [3.8, 4) is 0 Å². The molecule has 2 aromatic rings. The Morgan fingerprint density at radius 1 is 1.15 bits per heavy atom. The van der Waals surface area contributed by atoms with E-state index >= 15 is 0 Å². The van der Waals surface area contributed by atoms with Crippen LogP contribution in [-0.4, -0.2) is 25.9 Å². The van der Waals surface area contributed by atoms with Crippen LogP contribution in [-0.2, 0) is 20.9 Å². The predicted octanol–water partition coefficient (Wildman–Crippen LogP) is 4.22. The lowest BCUT2D eigenvalue weighted by atomic mass is 10.2. The fourth-order valence-electron chi connectivity index (χ4n) is 1.62. The van der Waals surface area contributed by atoms with Gasteiger partial charge in [-0.1, -0.05) is 17.7 Å². The number of carbonyl (C=O) groups is 1. The molecule has 0 spiro atoms. The Bertz CT molecular complexity index is 897. The topological polar surface area (TPSA) is 80.7 Å². The van der Waals surface area contributed by atoms with Crippen LogP contribution in [0.3, 0.4) is 0 Å². The molecule has 0 aliphatic rings. The van der Waals surface area contributed by atoms with Crippen LogP contribution in [0, 0.1) is 5.82 Å². The molecule has 0 saturated carbocycles. The number of benzene rings is 2. The van der Waals surface area contributed by atoms with E-state index in [9.17, 15) is 30.8 Å². The summed E-state index contributed by atoms with van der Waals surface area (Å²) in [5.41, 5.74) is -1.36. The van der Waals surface area contributed by atoms with Crippen molar-refractivity contribution in [3.05, 3.63) is 64.4 Å². The molecule has 0 aliphatic heterocycles. The normalized spacial score (nSPS) is 11.3. The molecule has 0 atom stereocenters. The Morgan fingerprint density at radius 3 is 2.23 bits per heavy atom. The largest absolute Gasteiger partial charge is 0.419 e. The first kappa shape index (κ1) is 21.9. The van der Waals surface area contributed by atoms with Crippen molar-refractivity contribution < 1.29 is 40.9 Å². The van der Waals surface area contributed by atoms with Gasteiger partial charge in [0.05, 0.1) is 16.0 Å². The molecular weight excluding hydrogens is 404 g/mol. The van der Waals surface area contributed by atoms with Gasteiger partial charge in [-0.2, -0.15) is 18.4 Å². The molecule has 0 aliphatic carbocycles. The highest BCUT2D eigenvalue weighted by Crippen LogP contribution is 2.32. The molecule has 2 rings (SSSR count). The fraction of sp³-hybridized carbons (Fsp3) is 0.133. The van der Waals surface area contributed by atoms with Crippen molar-refractivity contribution in [1.82, 2.24) is 0 Å². The highest BCUT2D eigenvalue weighted by Gasteiger charge is 2.34. The average Bonchev–Trinajstić information content (AvgIpc) is 2.53. The lowest BCUT2D eigenvalue weighted by Crippen LogP contribution is -2.10. The number of carbonyl (C=O) groups excluding carboxylic acids is 1. The van der Waals surface area contributed by atoms with E-state index in [1.807, 2.05) is 0 Å². The average molecular weight is 415 g/mol. The van der Waals surface area contributed by atoms with Crippen LogP contribution in [0.25, 0.3) is 0 Å². The molecule has 0 fully saturated rings. The maximum Gasteiger partial charge on any atom is 0.419 e. The molecule has 0 saturated heterocycles. The monoisotopic (exact) mass is 414 g/mol. The summed E-state index contributed by atoms with van der Waals surface area (Å²) in [5, 5.41) is 8.41. The van der Waals surface area contributed by atoms with Gasteiger partial charge in [-0.3, -0.25) is 4.89 Å². The summed E-state index contributed by atoms with van der Waals surface area (Å²) >= 11 is 5.56. The highest BCUT2D eigenvalue weighted by atomic mass is 35.5. The zero-order valence-electron chi connectivity index (χ0n) is 12.9. The van der Waals surface area contributed by atoms with E-state index in [1.54, 1.807) is 12.1 Å². The summed E-state index contributed by atoms with van der Waals surface area (Å²) < 4.78 is 71.2. The zero-order valence-corrected chi connectivity index (χ0v) is 14.5. The van der Waals surface area contributed by atoms with Gasteiger partial charge in [0, 0.05) is 11.3 Å². The number of hydrogen-bond donors (Lipinski definition) is 1. The van der Waals surface area contributed by atoms with Crippen molar-refractivity contribution in [2.75, 3.05) is 6.26 Å². The molecule has 2 aromatic carbocycles. The summed E-state index contributed by atoms with van der Waals surface area (Å²) in [6.07, 6.45) is -4.15. The molecule has 11 heteroatoms. The Labute approximate surface area is 150 Å². The first-order valence-corrected chi connectivity index (χ1v) is 8.81. The fourth-order valence-corrected chi connectivity index (χ4v) is 2.46. The highest BCUT2D eigenvalue weighted by molar-refractivity contribution is 7.90. The summed E-state index contributed by atoms with van der Waals surface area (Å²) in [7, 11) is -3.77. The minimum Gasteiger partial charge on any atom is -0.296 e. The molecule has 26 heavy (non-hydrogen) atoms. The van der Waals surface area contributed by atoms with Crippen molar-refractivity contribution in [1.29, 1.82) is 0 Å². The third-order valence-electron chi connectivity index (χ3n) is 2.81. The van der Waals surface area contributed by atoms with Crippen LogP contribution in [0.5, 0.6) is 0 Å². The summed E-state index contributed by atoms with van der Waals surface area (Å²) in [4.78, 5) is 13.6. The van der Waals surface area contributed by atoms with Crippen LogP contribution in [0.15, 0.2) is 47.4 Å². The van der Waals surface area contributed by atoms with Gasteiger partial charge in [0.25, 0.3) is 0 Å². The molecule has 0 radical (unpaired) electrons. The molecular formula is C15H11ClF4O5S. The summed E-state index contributed by atoms with van der Waals surface area (Å²) in [6, 6.07) is 7.67. The van der Waals surface area contributed by atoms with Crippen molar-refractivity contribution >= 4 is 27.4 Å². The Balaban J connectivity index is 0.000000273. The number of rotatable bonds is 2. The van der Waals surface area contributed by atoms with Gasteiger partial charge in [0.15, 0.2) is 9.84 Å². The van der Waals surface area contributed by atoms with Gasteiger partial charge in [-0.15, -0.1) is 0 Å². The third kappa shape index (κ3) is 6.28. The predicted molar refractivity (Wildman–Crippen MR) is 84.0 cm³/mol. The van der Waals surface area contributed by atoms with Gasteiger partial charge in [-0.05, 0) is 36.4 Å². The Kier molecular flexibility index (Phi) is 7.13. The van der Waals surface area contributed by atoms with Gasteiger partial charge < -0.3 is 0 Å². The summed E-state index contributed by atoms with van der Waals surface area (Å²) in [6.45, 7) is 0. The van der Waals surface area contributed by atoms with Crippen molar-refractivity contribution in [2.24, 2.45) is 0 Å². The lowest BCUT2D eigenvalue weighted by molar-refractivity contribution is -0.182. The Morgan fingerprint density at radius 2 is 1.77 bits per heavy atom. The van der Waals surface area contributed by atoms with Crippen LogP contribution in [0.1, 0.15) is 15.9 Å². The first-order chi connectivity index (χ1) is 11.9. The van der Waals surface area contributed by atoms with Crippen LogP contribution >= 0.6 is 11.6 Å². The molecule has 5 nitrogen and oxygen atoms in total. The third-order valence-corrected chi connectivity index (χ3v) is 4.16. The molecule has 142 valence electrons. The summed E-state index contributed by atoms with van der Waals surface area (Å²) in [5.74, 6) is -2.30. The van der Waals surface area contributed by atoms with E-state index in [0.29, 0.717) is 11.1 Å². The number of sulfone groups is 1. The van der Waals surface area contributed by atoms with E-state index in [2.05, 4.69) is 4.89 Å². The van der Waals surface area contributed by atoms with Crippen molar-refractivity contribution in [2.45, 2.75) is 11.1 Å². The standard InChI is InChI=1S/C8H6F4O2S.C7H5ClO3/c1-15(13,14)5-2-3-7(9)6(4-5)8(10,11)12;8-6-3-1-2-5(4-6)7(9)11-10/h2-4H,1H3;1-4,10H. The SMILES string of the molecule is CS(=O)(=O)c1ccc(F)c(C(F)(F)F)c1.O=C(OO)c1cccc(Cl)c1. The van der Waals surface area contributed by atoms with Gasteiger partial charge in [0.1, 0.15) is 5.82 Å². The van der Waals surface area contributed by atoms with Crippen LogP contribution < -0.4 is 0 Å². The number of hydrogen-bond acceptors (Lipinski definition) is 5. The van der Waals surface area contributed by atoms with E-state index in [4.69, 9.17) is 16.9 Å². The van der Waals surface area contributed by atoms with Crippen molar-refractivity contribution in [3.63, 3.8) is 0 Å². The van der Waals surface area contributed by atoms with Gasteiger partial charge in [0.2, 0.25) is 0 Å². The Hall–Kier alpha value is -2.17. The van der Waals surface area contributed by atoms with Crippen LogP contribution in [0.4, 0.5) is 17.6 Å². The number of alkyl halides is 3. The maximum atomic E-state index is 12.7. The molecule has 0 unspecified atom stereocenters. The molecule has 0 amide bonds. The second-order valence-corrected chi connectivity index (χ2v) is 7.25. The first-order valence-electron chi connectivity index (χ1n) is 6.54. The molecule has 0 bridgehead atoms. The minimum atomic E-state index is -4.90. The van der Waals surface area contributed by atoms with E-state index in [0.717, 1.165) is 12.3 Å². The molecule has 1 N–H and O–H groups in total. The minimum absolute atomic E-state index is 0.222. The van der Waals surface area contributed by atoms with Gasteiger partial charge in [-0.25, -0.2) is 17.6 Å².